The topological polar surface area (TPSA) is 55.1 Å². The summed E-state index contributed by atoms with van der Waals surface area (Å²) in [5.74, 6) is -0.613. The lowest BCUT2D eigenvalue weighted by molar-refractivity contribution is -0.115. The number of anilines is 1. The Morgan fingerprint density at radius 2 is 1.90 bits per heavy atom. The third-order valence-corrected chi connectivity index (χ3v) is 3.54. The smallest absolute Gasteiger partial charge is 0.228 e. The van der Waals surface area contributed by atoms with E-state index in [1.54, 1.807) is 12.1 Å². The molecule has 0 fully saturated rings. The number of nitrogens with two attached hydrogens (primary N) is 1. The Balaban J connectivity index is 2.07. The van der Waals surface area contributed by atoms with Crippen LogP contribution in [0.4, 0.5) is 10.1 Å². The maximum absolute atomic E-state index is 13.4. The fourth-order valence-electron chi connectivity index (χ4n) is 1.88. The zero-order valence-electron chi connectivity index (χ0n) is 10.7. The molecule has 104 valence electrons. The predicted octanol–water partition coefficient (Wildman–Crippen LogP) is 3.23. The number of nitrogens with one attached hydrogen (secondary N) is 1. The molecule has 0 aromatic heterocycles. The van der Waals surface area contributed by atoms with E-state index < -0.39 is 5.82 Å². The quantitative estimate of drug-likeness (QED) is 0.900. The molecule has 0 saturated carbocycles. The minimum absolute atomic E-state index is 0.201. The van der Waals surface area contributed by atoms with Crippen LogP contribution in [0.15, 0.2) is 46.9 Å². The van der Waals surface area contributed by atoms with Gasteiger partial charge in [-0.1, -0.05) is 24.3 Å². The summed E-state index contributed by atoms with van der Waals surface area (Å²) in [6, 6.07) is 12.0. The maximum atomic E-state index is 13.4. The van der Waals surface area contributed by atoms with E-state index in [1.165, 1.54) is 6.07 Å². The Kier molecular flexibility index (Phi) is 4.87. The molecule has 0 atom stereocenters. The van der Waals surface area contributed by atoms with Crippen LogP contribution in [0.25, 0.3) is 0 Å². The molecule has 5 heteroatoms. The molecule has 1 amide bonds. The van der Waals surface area contributed by atoms with E-state index >= 15 is 0 Å². The Hall–Kier alpha value is -1.72. The largest absolute Gasteiger partial charge is 0.326 e. The SMILES string of the molecule is NCc1ccccc1CC(=O)Nc1ccc(Br)c(F)c1. The summed E-state index contributed by atoms with van der Waals surface area (Å²) in [6.07, 6.45) is 0.213. The number of carbonyl (C=O) groups excluding carboxylic acids is 1. The maximum Gasteiger partial charge on any atom is 0.228 e. The van der Waals surface area contributed by atoms with E-state index in [2.05, 4.69) is 21.2 Å². The van der Waals surface area contributed by atoms with E-state index in [4.69, 9.17) is 5.73 Å². The molecule has 0 heterocycles. The normalized spacial score (nSPS) is 10.3. The standard InChI is InChI=1S/C15H14BrFN2O/c16-13-6-5-12(8-14(13)17)19-15(20)7-10-3-1-2-4-11(10)9-18/h1-6,8H,7,9,18H2,(H,19,20). The number of halogens is 2. The van der Waals surface area contributed by atoms with Crippen molar-refractivity contribution in [2.75, 3.05) is 5.32 Å². The van der Waals surface area contributed by atoms with E-state index in [-0.39, 0.29) is 12.3 Å². The first-order chi connectivity index (χ1) is 9.60. The van der Waals surface area contributed by atoms with E-state index in [9.17, 15) is 9.18 Å². The molecule has 2 rings (SSSR count). The third-order valence-electron chi connectivity index (χ3n) is 2.89. The Morgan fingerprint density at radius 1 is 1.20 bits per heavy atom. The molecule has 0 aliphatic carbocycles. The molecule has 0 aliphatic rings. The summed E-state index contributed by atoms with van der Waals surface area (Å²) in [4.78, 5) is 12.0. The second-order valence-electron chi connectivity index (χ2n) is 4.33. The van der Waals surface area contributed by atoms with Crippen molar-refractivity contribution in [3.8, 4) is 0 Å². The van der Waals surface area contributed by atoms with Crippen molar-refractivity contribution < 1.29 is 9.18 Å². The Morgan fingerprint density at radius 3 is 2.55 bits per heavy atom. The molecule has 0 bridgehead atoms. The molecule has 2 aromatic rings. The van der Waals surface area contributed by atoms with Crippen molar-refractivity contribution in [1.82, 2.24) is 0 Å². The number of hydrogen-bond donors (Lipinski definition) is 2. The Bertz CT molecular complexity index is 631. The molecular formula is C15H14BrFN2O. The van der Waals surface area contributed by atoms with Crippen LogP contribution < -0.4 is 11.1 Å². The minimum atomic E-state index is -0.412. The second kappa shape index (κ2) is 6.63. The summed E-state index contributed by atoms with van der Waals surface area (Å²) < 4.78 is 13.7. The van der Waals surface area contributed by atoms with Gasteiger partial charge in [0.1, 0.15) is 5.82 Å². The van der Waals surface area contributed by atoms with Gasteiger partial charge in [-0.15, -0.1) is 0 Å². The number of hydrogen-bond acceptors (Lipinski definition) is 2. The van der Waals surface area contributed by atoms with Crippen LogP contribution in [-0.2, 0) is 17.8 Å². The number of carbonyl (C=O) groups is 1. The van der Waals surface area contributed by atoms with Gasteiger partial charge in [-0.3, -0.25) is 4.79 Å². The molecule has 0 saturated heterocycles. The molecule has 20 heavy (non-hydrogen) atoms. The van der Waals surface area contributed by atoms with Crippen molar-refractivity contribution in [3.05, 3.63) is 63.9 Å². The van der Waals surface area contributed by atoms with Crippen LogP contribution in [0, 0.1) is 5.82 Å². The average molecular weight is 337 g/mol. The molecule has 2 aromatic carbocycles. The van der Waals surface area contributed by atoms with Crippen LogP contribution in [0.3, 0.4) is 0 Å². The lowest BCUT2D eigenvalue weighted by Gasteiger charge is -2.09. The average Bonchev–Trinajstić information content (AvgIpc) is 2.43. The molecule has 0 radical (unpaired) electrons. The van der Waals surface area contributed by atoms with Gasteiger partial charge in [-0.25, -0.2) is 4.39 Å². The van der Waals surface area contributed by atoms with Crippen molar-refractivity contribution in [3.63, 3.8) is 0 Å². The highest BCUT2D eigenvalue weighted by Crippen LogP contribution is 2.19. The van der Waals surface area contributed by atoms with Crippen molar-refractivity contribution in [2.24, 2.45) is 5.73 Å². The fraction of sp³-hybridized carbons (Fsp3) is 0.133. The first kappa shape index (κ1) is 14.7. The minimum Gasteiger partial charge on any atom is -0.326 e. The van der Waals surface area contributed by atoms with Gasteiger partial charge >= 0.3 is 0 Å². The van der Waals surface area contributed by atoms with Crippen molar-refractivity contribution in [2.45, 2.75) is 13.0 Å². The first-order valence-electron chi connectivity index (χ1n) is 6.12. The fourth-order valence-corrected chi connectivity index (χ4v) is 2.13. The van der Waals surface area contributed by atoms with Gasteiger partial charge in [0.05, 0.1) is 10.9 Å². The van der Waals surface area contributed by atoms with E-state index in [0.717, 1.165) is 11.1 Å². The third kappa shape index (κ3) is 3.65. The highest BCUT2D eigenvalue weighted by molar-refractivity contribution is 9.10. The zero-order valence-corrected chi connectivity index (χ0v) is 12.3. The van der Waals surface area contributed by atoms with Gasteiger partial charge in [0, 0.05) is 12.2 Å². The van der Waals surface area contributed by atoms with Crippen molar-refractivity contribution >= 4 is 27.5 Å². The Labute approximate surface area is 125 Å². The summed E-state index contributed by atoms with van der Waals surface area (Å²) in [6.45, 7) is 0.385. The van der Waals surface area contributed by atoms with Gasteiger partial charge in [0.25, 0.3) is 0 Å². The van der Waals surface area contributed by atoms with Gasteiger partial charge in [-0.05, 0) is 45.3 Å². The van der Waals surface area contributed by atoms with Crippen LogP contribution in [0.2, 0.25) is 0 Å². The van der Waals surface area contributed by atoms with Crippen LogP contribution in [0.5, 0.6) is 0 Å². The van der Waals surface area contributed by atoms with Crippen LogP contribution in [0.1, 0.15) is 11.1 Å². The van der Waals surface area contributed by atoms with Crippen LogP contribution >= 0.6 is 15.9 Å². The lowest BCUT2D eigenvalue weighted by atomic mass is 10.0. The summed E-state index contributed by atoms with van der Waals surface area (Å²) >= 11 is 3.07. The highest BCUT2D eigenvalue weighted by atomic mass is 79.9. The van der Waals surface area contributed by atoms with Gasteiger partial charge in [-0.2, -0.15) is 0 Å². The number of rotatable bonds is 4. The van der Waals surface area contributed by atoms with Gasteiger partial charge in [0.2, 0.25) is 5.91 Å². The second-order valence-corrected chi connectivity index (χ2v) is 5.18. The van der Waals surface area contributed by atoms with Gasteiger partial charge in [0.15, 0.2) is 0 Å². The van der Waals surface area contributed by atoms with Gasteiger partial charge < -0.3 is 11.1 Å². The molecule has 0 unspecified atom stereocenters. The number of amides is 1. The monoisotopic (exact) mass is 336 g/mol. The summed E-state index contributed by atoms with van der Waals surface area (Å²) in [5, 5.41) is 2.67. The predicted molar refractivity (Wildman–Crippen MR) is 80.8 cm³/mol. The summed E-state index contributed by atoms with van der Waals surface area (Å²) in [5.41, 5.74) is 7.87. The molecular weight excluding hydrogens is 323 g/mol. The molecule has 3 N–H and O–H groups in total. The first-order valence-corrected chi connectivity index (χ1v) is 6.91. The van der Waals surface area contributed by atoms with E-state index in [0.29, 0.717) is 16.7 Å². The summed E-state index contributed by atoms with van der Waals surface area (Å²) in [7, 11) is 0. The lowest BCUT2D eigenvalue weighted by Crippen LogP contribution is -2.16. The zero-order chi connectivity index (χ0) is 14.5. The van der Waals surface area contributed by atoms with Crippen molar-refractivity contribution in [1.29, 1.82) is 0 Å². The molecule has 0 aliphatic heterocycles. The highest BCUT2D eigenvalue weighted by Gasteiger charge is 2.08. The number of benzene rings is 2. The van der Waals surface area contributed by atoms with E-state index in [1.807, 2.05) is 24.3 Å². The molecule has 0 spiro atoms. The van der Waals surface area contributed by atoms with Crippen LogP contribution in [-0.4, -0.2) is 5.91 Å². The molecule has 3 nitrogen and oxygen atoms in total.